The lowest BCUT2D eigenvalue weighted by Crippen LogP contribution is -2.70. The summed E-state index contributed by atoms with van der Waals surface area (Å²) in [6.07, 6.45) is 2.93. The van der Waals surface area contributed by atoms with Crippen LogP contribution in [0.25, 0.3) is 0 Å². The smallest absolute Gasteiger partial charge is 0.303 e. The normalized spacial score (nSPS) is 45.6. The van der Waals surface area contributed by atoms with Gasteiger partial charge in [-0.3, -0.25) is 14.4 Å². The molecule has 190 valence electrons. The van der Waals surface area contributed by atoms with E-state index < -0.39 is 40.3 Å². The van der Waals surface area contributed by atoms with Gasteiger partial charge in [0.2, 0.25) is 5.78 Å². The number of hydrogen-bond donors (Lipinski definition) is 0. The van der Waals surface area contributed by atoms with Crippen molar-refractivity contribution in [2.45, 2.75) is 82.8 Å². The topological polar surface area (TPSA) is 88.1 Å². The van der Waals surface area contributed by atoms with Crippen LogP contribution in [0.3, 0.4) is 0 Å². The van der Waals surface area contributed by atoms with Crippen LogP contribution in [0.5, 0.6) is 0 Å². The molecule has 0 aromatic carbocycles. The highest BCUT2D eigenvalue weighted by Crippen LogP contribution is 2.71. The number of ketones is 2. The van der Waals surface area contributed by atoms with Crippen LogP contribution in [0, 0.1) is 22.7 Å². The number of ether oxygens (including phenoxy) is 4. The number of alkyl halides is 1. The van der Waals surface area contributed by atoms with Crippen molar-refractivity contribution in [2.24, 2.45) is 22.7 Å². The van der Waals surface area contributed by atoms with Crippen molar-refractivity contribution in [3.8, 4) is 0 Å². The lowest BCUT2D eigenvalue weighted by atomic mass is 9.43. The van der Waals surface area contributed by atoms with Crippen molar-refractivity contribution in [3.63, 3.8) is 0 Å². The van der Waals surface area contributed by atoms with Gasteiger partial charge in [0.1, 0.15) is 17.4 Å². The number of esters is 1. The van der Waals surface area contributed by atoms with Crippen LogP contribution in [0.2, 0.25) is 0 Å². The molecular formula is C26H37FO7. The Balaban J connectivity index is 1.78. The first-order valence-corrected chi connectivity index (χ1v) is 12.2. The minimum atomic E-state index is -1.73. The summed E-state index contributed by atoms with van der Waals surface area (Å²) >= 11 is 0. The average Bonchev–Trinajstić information content (AvgIpc) is 3.10. The van der Waals surface area contributed by atoms with Crippen molar-refractivity contribution in [2.75, 3.05) is 27.9 Å². The largest absolute Gasteiger partial charge is 0.458 e. The first kappa shape index (κ1) is 25.5. The van der Waals surface area contributed by atoms with E-state index in [9.17, 15) is 14.4 Å². The highest BCUT2D eigenvalue weighted by atomic mass is 19.1. The molecule has 0 N–H and O–H groups in total. The number of halogens is 1. The Labute approximate surface area is 200 Å². The van der Waals surface area contributed by atoms with Gasteiger partial charge < -0.3 is 18.9 Å². The Hall–Kier alpha value is -1.64. The average molecular weight is 481 g/mol. The third-order valence-corrected chi connectivity index (χ3v) is 9.93. The fourth-order valence-corrected chi connectivity index (χ4v) is 8.20. The van der Waals surface area contributed by atoms with Crippen molar-refractivity contribution in [1.82, 2.24) is 0 Å². The van der Waals surface area contributed by atoms with E-state index in [1.54, 1.807) is 6.08 Å². The number of allylic oxidation sites excluding steroid dienone is 1. The first-order valence-electron chi connectivity index (χ1n) is 12.2. The van der Waals surface area contributed by atoms with Crippen LogP contribution in [0.15, 0.2) is 11.6 Å². The quantitative estimate of drug-likeness (QED) is 0.539. The second-order valence-electron chi connectivity index (χ2n) is 11.0. The minimum Gasteiger partial charge on any atom is -0.458 e. The molecule has 8 atom stereocenters. The second-order valence-corrected chi connectivity index (χ2v) is 11.0. The number of rotatable bonds is 6. The van der Waals surface area contributed by atoms with Gasteiger partial charge in [-0.2, -0.15) is 0 Å². The third kappa shape index (κ3) is 3.14. The number of hydrogen-bond acceptors (Lipinski definition) is 7. The summed E-state index contributed by atoms with van der Waals surface area (Å²) in [5.41, 5.74) is -3.68. The molecule has 1 unspecified atom stereocenters. The summed E-state index contributed by atoms with van der Waals surface area (Å²) in [5.74, 6) is -1.42. The van der Waals surface area contributed by atoms with Gasteiger partial charge in [-0.05, 0) is 50.5 Å². The molecule has 0 aromatic heterocycles. The summed E-state index contributed by atoms with van der Waals surface area (Å²) in [7, 11) is 4.51. The maximum atomic E-state index is 17.7. The van der Waals surface area contributed by atoms with Crippen molar-refractivity contribution in [1.29, 1.82) is 0 Å². The molecule has 0 saturated heterocycles. The molecule has 34 heavy (non-hydrogen) atoms. The van der Waals surface area contributed by atoms with E-state index in [0.717, 1.165) is 5.57 Å². The van der Waals surface area contributed by atoms with Crippen LogP contribution >= 0.6 is 0 Å². The number of methoxy groups -OCH3 is 3. The molecular weight excluding hydrogens is 443 g/mol. The predicted molar refractivity (Wildman–Crippen MR) is 121 cm³/mol. The summed E-state index contributed by atoms with van der Waals surface area (Å²) in [6, 6.07) is 0. The van der Waals surface area contributed by atoms with Gasteiger partial charge in [0, 0.05) is 45.0 Å². The zero-order valence-electron chi connectivity index (χ0n) is 21.1. The minimum absolute atomic E-state index is 0.109. The van der Waals surface area contributed by atoms with Crippen molar-refractivity contribution >= 4 is 17.5 Å². The van der Waals surface area contributed by atoms with Crippen LogP contribution in [-0.2, 0) is 33.3 Å². The lowest BCUT2D eigenvalue weighted by molar-refractivity contribution is -0.239. The van der Waals surface area contributed by atoms with Crippen LogP contribution in [-0.4, -0.2) is 68.9 Å². The predicted octanol–water partition coefficient (Wildman–Crippen LogP) is 3.38. The molecule has 0 bridgehead atoms. The Morgan fingerprint density at radius 2 is 1.79 bits per heavy atom. The van der Waals surface area contributed by atoms with E-state index in [1.165, 1.54) is 28.3 Å². The fourth-order valence-electron chi connectivity index (χ4n) is 8.20. The summed E-state index contributed by atoms with van der Waals surface area (Å²) in [4.78, 5) is 37.3. The molecule has 3 fully saturated rings. The zero-order chi connectivity index (χ0) is 25.1. The van der Waals surface area contributed by atoms with E-state index >= 15 is 4.39 Å². The fraction of sp³-hybridized carbons (Fsp3) is 0.808. The lowest BCUT2D eigenvalue weighted by Gasteiger charge is -2.64. The SMILES string of the molecule is COC1C[C@@]2(C)C(=CC1=O)CC[C@H]1[C@@H]3CC[C@](OC)(C(=O)COC(C)=O)[C@@]3(C)C[C@H](OC)[C@@]12F. The van der Waals surface area contributed by atoms with Gasteiger partial charge in [0.15, 0.2) is 12.4 Å². The molecule has 0 heterocycles. The molecule has 0 aliphatic heterocycles. The first-order chi connectivity index (χ1) is 15.9. The Bertz CT molecular complexity index is 917. The number of Topliss-reactive ketones (excluding diaryl/α,β-unsaturated/α-hetero) is 1. The monoisotopic (exact) mass is 480 g/mol. The van der Waals surface area contributed by atoms with E-state index in [0.29, 0.717) is 25.7 Å². The van der Waals surface area contributed by atoms with Crippen molar-refractivity contribution < 1.29 is 37.7 Å². The maximum Gasteiger partial charge on any atom is 0.303 e. The molecule has 8 heteroatoms. The van der Waals surface area contributed by atoms with Crippen molar-refractivity contribution in [3.05, 3.63) is 11.6 Å². The third-order valence-electron chi connectivity index (χ3n) is 9.93. The number of carbonyl (C=O) groups is 3. The highest BCUT2D eigenvalue weighted by molar-refractivity contribution is 5.95. The van der Waals surface area contributed by atoms with Gasteiger partial charge in [-0.25, -0.2) is 4.39 Å². The molecule has 0 aromatic rings. The standard InChI is InChI=1S/C26H37FO7/c1-15(28)34-14-21(30)25(33-6)10-9-17-18-8-7-16-11-19(29)20(31-4)12-23(16,2)26(18,27)22(32-5)13-24(17,25)3/h11,17-18,20,22H,7-10,12-14H2,1-6H3/t17-,18-,20?,22-,23-,24-,25-,26-/m0/s1. The van der Waals surface area contributed by atoms with E-state index in [-0.39, 0.29) is 42.9 Å². The molecule has 0 spiro atoms. The van der Waals surface area contributed by atoms with Gasteiger partial charge >= 0.3 is 5.97 Å². The molecule has 7 nitrogen and oxygen atoms in total. The Kier molecular flexibility index (Phi) is 6.35. The van der Waals surface area contributed by atoms with E-state index in [1.807, 2.05) is 13.8 Å². The highest BCUT2D eigenvalue weighted by Gasteiger charge is 2.75. The van der Waals surface area contributed by atoms with Gasteiger partial charge in [0.25, 0.3) is 0 Å². The molecule has 0 amide bonds. The summed E-state index contributed by atoms with van der Waals surface area (Å²) in [6.45, 7) is 4.81. The molecule has 4 aliphatic carbocycles. The molecule has 4 rings (SSSR count). The zero-order valence-corrected chi connectivity index (χ0v) is 21.1. The number of carbonyl (C=O) groups excluding carboxylic acids is 3. The van der Waals surface area contributed by atoms with Gasteiger partial charge in [-0.1, -0.05) is 19.4 Å². The van der Waals surface area contributed by atoms with Gasteiger partial charge in [0.05, 0.1) is 6.10 Å². The molecule has 4 aliphatic rings. The van der Waals surface area contributed by atoms with E-state index in [2.05, 4.69) is 0 Å². The Morgan fingerprint density at radius 1 is 1.09 bits per heavy atom. The molecule has 3 saturated carbocycles. The van der Waals surface area contributed by atoms with Crippen LogP contribution in [0.4, 0.5) is 4.39 Å². The Morgan fingerprint density at radius 3 is 2.38 bits per heavy atom. The summed E-state index contributed by atoms with van der Waals surface area (Å²) < 4.78 is 40.0. The van der Waals surface area contributed by atoms with Crippen LogP contribution < -0.4 is 0 Å². The van der Waals surface area contributed by atoms with E-state index in [4.69, 9.17) is 18.9 Å². The summed E-state index contributed by atoms with van der Waals surface area (Å²) in [5, 5.41) is 0. The molecule has 0 radical (unpaired) electrons. The maximum absolute atomic E-state index is 17.7. The van der Waals surface area contributed by atoms with Crippen LogP contribution in [0.1, 0.15) is 59.3 Å². The van der Waals surface area contributed by atoms with Gasteiger partial charge in [-0.15, -0.1) is 0 Å². The number of fused-ring (bicyclic) bond motifs is 5. The second kappa shape index (κ2) is 8.49.